The molecule has 0 radical (unpaired) electrons. The normalized spacial score (nSPS) is 17.0. The first kappa shape index (κ1) is 25.3. The third-order valence-electron chi connectivity index (χ3n) is 6.04. The van der Waals surface area contributed by atoms with Crippen LogP contribution in [0.2, 0.25) is 0 Å². The molecular formula is C22H34N4O6S. The zero-order chi connectivity index (χ0) is 23.8. The zero-order valence-corrected chi connectivity index (χ0v) is 20.2. The number of likely N-dealkylation sites (tertiary alicyclic amines) is 1. The monoisotopic (exact) mass is 482 g/mol. The Bertz CT molecular complexity index is 933. The Labute approximate surface area is 195 Å². The van der Waals surface area contributed by atoms with Crippen LogP contribution in [0.1, 0.15) is 25.7 Å². The summed E-state index contributed by atoms with van der Waals surface area (Å²) >= 11 is 0. The van der Waals surface area contributed by atoms with Gasteiger partial charge in [0.25, 0.3) is 0 Å². The lowest BCUT2D eigenvalue weighted by Gasteiger charge is -2.29. The topological polar surface area (TPSA) is 108 Å². The number of nitrogens with zero attached hydrogens (tertiary/aromatic N) is 3. The molecule has 1 aromatic rings. The number of carbonyl (C=O) groups is 2. The van der Waals surface area contributed by atoms with Crippen LogP contribution in [-0.4, -0.2) is 101 Å². The van der Waals surface area contributed by atoms with E-state index in [-0.39, 0.29) is 42.0 Å². The summed E-state index contributed by atoms with van der Waals surface area (Å²) in [6.07, 6.45) is 1.95. The molecule has 3 rings (SSSR count). The Kier molecular flexibility index (Phi) is 8.93. The summed E-state index contributed by atoms with van der Waals surface area (Å²) in [5.41, 5.74) is 0. The van der Waals surface area contributed by atoms with Gasteiger partial charge < -0.3 is 24.6 Å². The molecule has 1 N–H and O–H groups in total. The minimum absolute atomic E-state index is 0.00350. The molecule has 2 aliphatic heterocycles. The van der Waals surface area contributed by atoms with Crippen LogP contribution in [0.25, 0.3) is 0 Å². The number of nitrogens with one attached hydrogen (secondary N) is 1. The number of sulfonamides is 1. The van der Waals surface area contributed by atoms with E-state index >= 15 is 0 Å². The average molecular weight is 483 g/mol. The molecule has 0 spiro atoms. The van der Waals surface area contributed by atoms with E-state index in [1.807, 2.05) is 0 Å². The molecule has 2 aliphatic rings. The van der Waals surface area contributed by atoms with Crippen molar-refractivity contribution in [1.82, 2.24) is 19.4 Å². The van der Waals surface area contributed by atoms with Crippen molar-refractivity contribution in [2.75, 3.05) is 66.6 Å². The Morgan fingerprint density at radius 1 is 1.12 bits per heavy atom. The summed E-state index contributed by atoms with van der Waals surface area (Å²) in [4.78, 5) is 28.1. The minimum atomic E-state index is -3.97. The first-order valence-electron chi connectivity index (χ1n) is 11.3. The first-order valence-corrected chi connectivity index (χ1v) is 12.8. The molecule has 0 saturated carbocycles. The third-order valence-corrected chi connectivity index (χ3v) is 7.96. The van der Waals surface area contributed by atoms with E-state index < -0.39 is 10.0 Å². The van der Waals surface area contributed by atoms with E-state index in [0.29, 0.717) is 44.8 Å². The number of amides is 2. The van der Waals surface area contributed by atoms with Gasteiger partial charge in [-0.1, -0.05) is 0 Å². The number of hydrogen-bond acceptors (Lipinski definition) is 7. The van der Waals surface area contributed by atoms with Crippen LogP contribution in [0.3, 0.4) is 0 Å². The average Bonchev–Trinajstić information content (AvgIpc) is 3.25. The van der Waals surface area contributed by atoms with Gasteiger partial charge >= 0.3 is 0 Å². The van der Waals surface area contributed by atoms with Crippen molar-refractivity contribution in [1.29, 1.82) is 0 Å². The summed E-state index contributed by atoms with van der Waals surface area (Å²) in [6, 6.07) is 4.62. The van der Waals surface area contributed by atoms with Crippen LogP contribution in [-0.2, 0) is 19.6 Å². The maximum absolute atomic E-state index is 13.6. The number of rotatable bonds is 11. The molecular weight excluding hydrogens is 448 g/mol. The number of carbonyl (C=O) groups excluding carboxylic acids is 2. The van der Waals surface area contributed by atoms with Gasteiger partial charge in [-0.2, -0.15) is 4.31 Å². The zero-order valence-electron chi connectivity index (χ0n) is 19.4. The van der Waals surface area contributed by atoms with E-state index in [9.17, 15) is 18.0 Å². The van der Waals surface area contributed by atoms with Gasteiger partial charge in [0.2, 0.25) is 21.8 Å². The van der Waals surface area contributed by atoms with E-state index in [2.05, 4.69) is 5.32 Å². The molecule has 184 valence electrons. The highest BCUT2D eigenvalue weighted by molar-refractivity contribution is 7.89. The fourth-order valence-corrected chi connectivity index (χ4v) is 5.80. The molecule has 33 heavy (non-hydrogen) atoms. The van der Waals surface area contributed by atoms with Crippen LogP contribution in [0.4, 0.5) is 0 Å². The maximum Gasteiger partial charge on any atom is 0.246 e. The van der Waals surface area contributed by atoms with Crippen molar-refractivity contribution < 1.29 is 27.5 Å². The number of benzene rings is 1. The van der Waals surface area contributed by atoms with Gasteiger partial charge in [0.1, 0.15) is 16.4 Å². The SMILES string of the molecule is COc1ccc(OC)c(S(=O)(=O)N(CCCN2CCCC2=O)CCC(=O)N2CCNCC2)c1. The van der Waals surface area contributed by atoms with Gasteiger partial charge in [0.05, 0.1) is 14.2 Å². The second-order valence-corrected chi connectivity index (χ2v) is 10.0. The van der Waals surface area contributed by atoms with Gasteiger partial charge in [-0.05, 0) is 25.0 Å². The second kappa shape index (κ2) is 11.7. The summed E-state index contributed by atoms with van der Waals surface area (Å²) < 4.78 is 39.1. The number of hydrogen-bond donors (Lipinski definition) is 1. The molecule has 10 nitrogen and oxygen atoms in total. The minimum Gasteiger partial charge on any atom is -0.497 e. The molecule has 0 unspecified atom stereocenters. The van der Waals surface area contributed by atoms with Crippen LogP contribution in [0, 0.1) is 0 Å². The first-order chi connectivity index (χ1) is 15.9. The number of methoxy groups -OCH3 is 2. The largest absolute Gasteiger partial charge is 0.497 e. The molecule has 2 heterocycles. The highest BCUT2D eigenvalue weighted by atomic mass is 32.2. The fraction of sp³-hybridized carbons (Fsp3) is 0.636. The molecule has 0 atom stereocenters. The van der Waals surface area contributed by atoms with Crippen LogP contribution in [0.5, 0.6) is 11.5 Å². The van der Waals surface area contributed by atoms with E-state index in [4.69, 9.17) is 9.47 Å². The van der Waals surface area contributed by atoms with Gasteiger partial charge in [-0.3, -0.25) is 9.59 Å². The van der Waals surface area contributed by atoms with Gasteiger partial charge in [0, 0.05) is 71.3 Å². The highest BCUT2D eigenvalue weighted by Gasteiger charge is 2.30. The summed E-state index contributed by atoms with van der Waals surface area (Å²) in [6.45, 7) is 4.15. The van der Waals surface area contributed by atoms with Crippen molar-refractivity contribution in [3.05, 3.63) is 18.2 Å². The third kappa shape index (κ3) is 6.36. The molecule has 2 saturated heterocycles. The summed E-state index contributed by atoms with van der Waals surface area (Å²) in [7, 11) is -1.09. The number of ether oxygens (including phenoxy) is 2. The lowest BCUT2D eigenvalue weighted by Crippen LogP contribution is -2.47. The Balaban J connectivity index is 1.76. The highest BCUT2D eigenvalue weighted by Crippen LogP contribution is 2.31. The van der Waals surface area contributed by atoms with Crippen molar-refractivity contribution in [3.8, 4) is 11.5 Å². The molecule has 2 fully saturated rings. The predicted molar refractivity (Wildman–Crippen MR) is 123 cm³/mol. The lowest BCUT2D eigenvalue weighted by atomic mass is 10.3. The van der Waals surface area contributed by atoms with E-state index in [1.165, 1.54) is 24.6 Å². The molecule has 2 amide bonds. The van der Waals surface area contributed by atoms with Crippen molar-refractivity contribution >= 4 is 21.8 Å². The molecule has 0 aromatic heterocycles. The van der Waals surface area contributed by atoms with Crippen LogP contribution >= 0.6 is 0 Å². The molecule has 0 aliphatic carbocycles. The lowest BCUT2D eigenvalue weighted by molar-refractivity contribution is -0.131. The van der Waals surface area contributed by atoms with Crippen molar-refractivity contribution in [2.45, 2.75) is 30.6 Å². The van der Waals surface area contributed by atoms with Gasteiger partial charge in [0.15, 0.2) is 0 Å². The number of piperazine rings is 1. The quantitative estimate of drug-likeness (QED) is 0.490. The maximum atomic E-state index is 13.6. The van der Waals surface area contributed by atoms with E-state index in [0.717, 1.165) is 19.5 Å². The smallest absolute Gasteiger partial charge is 0.246 e. The Morgan fingerprint density at radius 3 is 2.52 bits per heavy atom. The predicted octanol–water partition coefficient (Wildman–Crippen LogP) is 0.529. The standard InChI is InChI=1S/C22H34N4O6S/c1-31-18-6-7-19(32-2)20(17-18)33(29,30)26(13-4-12-24-11-3-5-21(24)27)14-8-22(28)25-15-9-23-10-16-25/h6-7,17,23H,3-5,8-16H2,1-2H3. The van der Waals surface area contributed by atoms with Crippen LogP contribution < -0.4 is 14.8 Å². The molecule has 0 bridgehead atoms. The van der Waals surface area contributed by atoms with Gasteiger partial charge in [-0.15, -0.1) is 0 Å². The van der Waals surface area contributed by atoms with E-state index in [1.54, 1.807) is 21.9 Å². The van der Waals surface area contributed by atoms with Gasteiger partial charge in [-0.25, -0.2) is 8.42 Å². The fourth-order valence-electron chi connectivity index (χ4n) is 4.15. The van der Waals surface area contributed by atoms with Crippen molar-refractivity contribution in [2.24, 2.45) is 0 Å². The Morgan fingerprint density at radius 2 is 1.88 bits per heavy atom. The molecule has 11 heteroatoms. The second-order valence-electron chi connectivity index (χ2n) is 8.14. The van der Waals surface area contributed by atoms with Crippen molar-refractivity contribution in [3.63, 3.8) is 0 Å². The summed E-state index contributed by atoms with van der Waals surface area (Å²) in [5.74, 6) is 0.648. The molecule has 1 aromatic carbocycles. The summed E-state index contributed by atoms with van der Waals surface area (Å²) in [5, 5.41) is 3.20. The van der Waals surface area contributed by atoms with Crippen LogP contribution in [0.15, 0.2) is 23.1 Å². The Hall–Kier alpha value is -2.37.